The third kappa shape index (κ3) is 4.25. The van der Waals surface area contributed by atoms with Gasteiger partial charge in [-0.1, -0.05) is 24.3 Å². The first-order chi connectivity index (χ1) is 14.5. The number of rotatable bonds is 8. The van der Waals surface area contributed by atoms with Gasteiger partial charge in [0.1, 0.15) is 0 Å². The van der Waals surface area contributed by atoms with Gasteiger partial charge in [0.2, 0.25) is 0 Å². The molecule has 3 rings (SSSR count). The first kappa shape index (κ1) is 21.2. The summed E-state index contributed by atoms with van der Waals surface area (Å²) in [6.07, 6.45) is 1.83. The number of hydrogen-bond acceptors (Lipinski definition) is 5. The van der Waals surface area contributed by atoms with E-state index < -0.39 is 12.0 Å². The van der Waals surface area contributed by atoms with Crippen molar-refractivity contribution in [1.82, 2.24) is 9.88 Å². The average Bonchev–Trinajstić information content (AvgIpc) is 3.17. The molecule has 0 aliphatic carbocycles. The molecule has 0 saturated carbocycles. The van der Waals surface area contributed by atoms with Crippen molar-refractivity contribution in [3.63, 3.8) is 0 Å². The van der Waals surface area contributed by atoms with Crippen molar-refractivity contribution < 1.29 is 23.8 Å². The predicted octanol–water partition coefficient (Wildman–Crippen LogP) is 3.71. The van der Waals surface area contributed by atoms with E-state index in [0.29, 0.717) is 22.6 Å². The minimum absolute atomic E-state index is 0.00978. The number of carbonyl (C=O) groups is 2. The Morgan fingerprint density at radius 1 is 1.03 bits per heavy atom. The number of hydrogen-bond donors (Lipinski definition) is 1. The van der Waals surface area contributed by atoms with E-state index in [-0.39, 0.29) is 12.3 Å². The highest BCUT2D eigenvalue weighted by molar-refractivity contribution is 6.07. The highest BCUT2D eigenvalue weighted by Gasteiger charge is 2.23. The first-order valence-electron chi connectivity index (χ1n) is 9.69. The Morgan fingerprint density at radius 2 is 1.77 bits per heavy atom. The molecule has 2 aromatic carbocycles. The molecular formula is C23H26N2O5. The van der Waals surface area contributed by atoms with Crippen molar-refractivity contribution in [2.45, 2.75) is 25.9 Å². The van der Waals surface area contributed by atoms with Crippen LogP contribution in [0.2, 0.25) is 0 Å². The standard InChI is InChI=1S/C23H26N2O5/c1-5-25-14-17(16-8-6-7-9-19(16)25)23(27)24-18(13-22(26)30-4)15-10-11-20(28-2)21(12-15)29-3/h6-12,14,18H,5,13H2,1-4H3,(H,24,27)/t18-/m1/s1. The normalized spacial score (nSPS) is 11.7. The van der Waals surface area contributed by atoms with Gasteiger partial charge in [-0.3, -0.25) is 9.59 Å². The van der Waals surface area contributed by atoms with Crippen molar-refractivity contribution in [3.8, 4) is 11.5 Å². The first-order valence-corrected chi connectivity index (χ1v) is 9.69. The van der Waals surface area contributed by atoms with Gasteiger partial charge in [-0.2, -0.15) is 0 Å². The third-order valence-electron chi connectivity index (χ3n) is 5.09. The van der Waals surface area contributed by atoms with Gasteiger partial charge in [0.15, 0.2) is 11.5 Å². The highest BCUT2D eigenvalue weighted by Crippen LogP contribution is 2.31. The van der Waals surface area contributed by atoms with Gasteiger partial charge in [0.25, 0.3) is 5.91 Å². The molecule has 1 atom stereocenters. The molecule has 158 valence electrons. The van der Waals surface area contributed by atoms with Gasteiger partial charge < -0.3 is 24.1 Å². The number of nitrogens with one attached hydrogen (secondary N) is 1. The molecule has 0 saturated heterocycles. The number of aromatic nitrogens is 1. The van der Waals surface area contributed by atoms with Crippen LogP contribution < -0.4 is 14.8 Å². The van der Waals surface area contributed by atoms with E-state index in [1.165, 1.54) is 14.2 Å². The lowest BCUT2D eigenvalue weighted by atomic mass is 10.0. The number of ether oxygens (including phenoxy) is 3. The summed E-state index contributed by atoms with van der Waals surface area (Å²) < 4.78 is 17.5. The van der Waals surface area contributed by atoms with E-state index in [1.807, 2.05) is 42.0 Å². The Labute approximate surface area is 175 Å². The van der Waals surface area contributed by atoms with Crippen molar-refractivity contribution in [3.05, 3.63) is 59.8 Å². The maximum atomic E-state index is 13.2. The fourth-order valence-corrected chi connectivity index (χ4v) is 3.50. The topological polar surface area (TPSA) is 78.8 Å². The molecule has 0 unspecified atom stereocenters. The zero-order chi connectivity index (χ0) is 21.7. The van der Waals surface area contributed by atoms with Gasteiger partial charge >= 0.3 is 5.97 Å². The van der Waals surface area contributed by atoms with Crippen LogP contribution in [0.1, 0.15) is 35.3 Å². The summed E-state index contributed by atoms with van der Waals surface area (Å²) in [7, 11) is 4.41. The number of esters is 1. The lowest BCUT2D eigenvalue weighted by Crippen LogP contribution is -2.30. The van der Waals surface area contributed by atoms with E-state index in [0.717, 1.165) is 17.4 Å². The van der Waals surface area contributed by atoms with Crippen LogP contribution in [0.15, 0.2) is 48.7 Å². The molecule has 0 spiro atoms. The minimum Gasteiger partial charge on any atom is -0.493 e. The summed E-state index contributed by atoms with van der Waals surface area (Å²) in [6, 6.07) is 12.4. The van der Waals surface area contributed by atoms with Crippen molar-refractivity contribution in [2.75, 3.05) is 21.3 Å². The van der Waals surface area contributed by atoms with Crippen LogP contribution in [0.3, 0.4) is 0 Å². The number of benzene rings is 2. The van der Waals surface area contributed by atoms with Crippen LogP contribution in [0, 0.1) is 0 Å². The highest BCUT2D eigenvalue weighted by atomic mass is 16.5. The monoisotopic (exact) mass is 410 g/mol. The van der Waals surface area contributed by atoms with Crippen LogP contribution in [-0.4, -0.2) is 37.8 Å². The summed E-state index contributed by atoms with van der Waals surface area (Å²) in [6.45, 7) is 2.77. The minimum atomic E-state index is -0.589. The van der Waals surface area contributed by atoms with Crippen LogP contribution in [0.4, 0.5) is 0 Å². The molecule has 1 N–H and O–H groups in total. The second-order valence-electron chi connectivity index (χ2n) is 6.77. The number of amides is 1. The summed E-state index contributed by atoms with van der Waals surface area (Å²) in [5.74, 6) is 0.394. The molecule has 7 nitrogen and oxygen atoms in total. The van der Waals surface area contributed by atoms with E-state index in [9.17, 15) is 9.59 Å². The zero-order valence-electron chi connectivity index (χ0n) is 17.6. The van der Waals surface area contributed by atoms with Crippen LogP contribution in [0.5, 0.6) is 11.5 Å². The molecule has 0 bridgehead atoms. The molecular weight excluding hydrogens is 384 g/mol. The lowest BCUT2D eigenvalue weighted by Gasteiger charge is -2.19. The zero-order valence-corrected chi connectivity index (χ0v) is 17.6. The second kappa shape index (κ2) is 9.35. The Morgan fingerprint density at radius 3 is 2.43 bits per heavy atom. The van der Waals surface area contributed by atoms with Crippen LogP contribution in [0.25, 0.3) is 10.9 Å². The molecule has 0 aliphatic rings. The Bertz CT molecular complexity index is 1060. The molecule has 1 aromatic heterocycles. The fraction of sp³-hybridized carbons (Fsp3) is 0.304. The molecule has 0 fully saturated rings. The summed E-state index contributed by atoms with van der Waals surface area (Å²) in [5, 5.41) is 3.85. The fourth-order valence-electron chi connectivity index (χ4n) is 3.50. The smallest absolute Gasteiger partial charge is 0.307 e. The van der Waals surface area contributed by atoms with Gasteiger partial charge in [0.05, 0.1) is 39.4 Å². The Kier molecular flexibility index (Phi) is 6.61. The molecule has 3 aromatic rings. The van der Waals surface area contributed by atoms with Crippen LogP contribution >= 0.6 is 0 Å². The van der Waals surface area contributed by atoms with Gasteiger partial charge in [-0.15, -0.1) is 0 Å². The molecule has 0 radical (unpaired) electrons. The van der Waals surface area contributed by atoms with Crippen LogP contribution in [-0.2, 0) is 16.1 Å². The molecule has 0 aliphatic heterocycles. The number of fused-ring (bicyclic) bond motifs is 1. The number of para-hydroxylation sites is 1. The Hall–Kier alpha value is -3.48. The van der Waals surface area contributed by atoms with Gasteiger partial charge in [-0.25, -0.2) is 0 Å². The van der Waals surface area contributed by atoms with E-state index in [4.69, 9.17) is 14.2 Å². The summed E-state index contributed by atoms with van der Waals surface area (Å²) in [4.78, 5) is 25.2. The molecule has 1 amide bonds. The van der Waals surface area contributed by atoms with E-state index in [2.05, 4.69) is 5.32 Å². The summed E-state index contributed by atoms with van der Waals surface area (Å²) >= 11 is 0. The number of aryl methyl sites for hydroxylation is 1. The van der Waals surface area contributed by atoms with Crippen molar-refractivity contribution >= 4 is 22.8 Å². The Balaban J connectivity index is 1.96. The van der Waals surface area contributed by atoms with E-state index in [1.54, 1.807) is 25.3 Å². The maximum Gasteiger partial charge on any atom is 0.307 e. The number of nitrogens with zero attached hydrogens (tertiary/aromatic N) is 1. The van der Waals surface area contributed by atoms with Gasteiger partial charge in [0, 0.05) is 23.6 Å². The predicted molar refractivity (Wildman–Crippen MR) is 114 cm³/mol. The lowest BCUT2D eigenvalue weighted by molar-refractivity contribution is -0.141. The number of methoxy groups -OCH3 is 3. The largest absolute Gasteiger partial charge is 0.493 e. The molecule has 30 heavy (non-hydrogen) atoms. The van der Waals surface area contributed by atoms with Gasteiger partial charge in [-0.05, 0) is 30.7 Å². The maximum absolute atomic E-state index is 13.2. The average molecular weight is 410 g/mol. The SMILES string of the molecule is CCn1cc(C(=O)N[C@H](CC(=O)OC)c2ccc(OC)c(OC)c2)c2ccccc21. The van der Waals surface area contributed by atoms with Crippen molar-refractivity contribution in [1.29, 1.82) is 0 Å². The number of carbonyl (C=O) groups excluding carboxylic acids is 2. The van der Waals surface area contributed by atoms with Crippen molar-refractivity contribution in [2.24, 2.45) is 0 Å². The summed E-state index contributed by atoms with van der Waals surface area (Å²) in [5.41, 5.74) is 2.26. The second-order valence-corrected chi connectivity index (χ2v) is 6.77. The van der Waals surface area contributed by atoms with E-state index >= 15 is 0 Å². The quantitative estimate of drug-likeness (QED) is 0.573. The third-order valence-corrected chi connectivity index (χ3v) is 5.09. The molecule has 1 heterocycles. The molecule has 7 heteroatoms.